The Kier molecular flexibility index (Phi) is 3.85. The molecule has 1 aromatic heterocycles. The van der Waals surface area contributed by atoms with Crippen LogP contribution in [0.4, 0.5) is 0 Å². The Morgan fingerprint density at radius 2 is 2.28 bits per heavy atom. The Morgan fingerprint density at radius 1 is 1.44 bits per heavy atom. The first-order valence-electron chi connectivity index (χ1n) is 5.41. The number of nitrogens with zero attached hydrogens (tertiary/aromatic N) is 1. The van der Waals surface area contributed by atoms with Crippen LogP contribution in [0.3, 0.4) is 0 Å². The summed E-state index contributed by atoms with van der Waals surface area (Å²) < 4.78 is 5.24. The zero-order valence-electron chi connectivity index (χ0n) is 9.84. The number of carbonyl (C=O) groups is 1. The summed E-state index contributed by atoms with van der Waals surface area (Å²) in [5, 5.41) is 8.88. The molecule has 1 heterocycles. The van der Waals surface area contributed by atoms with E-state index in [1.165, 1.54) is 18.7 Å². The minimum Gasteiger partial charge on any atom is -0.468 e. The molecule has 0 radical (unpaired) electrons. The van der Waals surface area contributed by atoms with Crippen molar-refractivity contribution in [1.82, 2.24) is 0 Å². The Hall–Kier alpha value is -1.99. The molecule has 0 aliphatic heterocycles. The van der Waals surface area contributed by atoms with E-state index in [1.807, 2.05) is 12.1 Å². The van der Waals surface area contributed by atoms with Crippen LogP contribution in [0.5, 0.6) is 0 Å². The van der Waals surface area contributed by atoms with E-state index in [1.54, 1.807) is 24.5 Å². The van der Waals surface area contributed by atoms with E-state index in [9.17, 15) is 4.79 Å². The zero-order valence-corrected chi connectivity index (χ0v) is 10.7. The molecule has 1 aromatic carbocycles. The van der Waals surface area contributed by atoms with Crippen molar-refractivity contribution in [1.29, 1.82) is 5.26 Å². The summed E-state index contributed by atoms with van der Waals surface area (Å²) >= 11 is 1.50. The second kappa shape index (κ2) is 5.56. The highest BCUT2D eigenvalue weighted by atomic mass is 32.2. The number of Topliss-reactive ketones (excluding diaryl/α,β-unsaturated/α-hetero) is 1. The van der Waals surface area contributed by atoms with Crippen LogP contribution in [0.1, 0.15) is 28.6 Å². The molecule has 4 heteroatoms. The third-order valence-electron chi connectivity index (χ3n) is 2.44. The van der Waals surface area contributed by atoms with Crippen molar-refractivity contribution >= 4 is 17.5 Å². The van der Waals surface area contributed by atoms with Gasteiger partial charge in [-0.1, -0.05) is 0 Å². The van der Waals surface area contributed by atoms with E-state index in [0.717, 1.165) is 10.7 Å². The van der Waals surface area contributed by atoms with Crippen LogP contribution in [-0.2, 0) is 5.75 Å². The lowest BCUT2D eigenvalue weighted by molar-refractivity contribution is 0.101. The molecule has 0 atom stereocenters. The summed E-state index contributed by atoms with van der Waals surface area (Å²) in [5.74, 6) is 1.49. The molecule has 0 fully saturated rings. The summed E-state index contributed by atoms with van der Waals surface area (Å²) in [6.45, 7) is 1.53. The minimum absolute atomic E-state index is 0.00133. The average Bonchev–Trinajstić information content (AvgIpc) is 2.88. The maximum absolute atomic E-state index is 11.5. The lowest BCUT2D eigenvalue weighted by Crippen LogP contribution is -1.96. The molecule has 3 nitrogen and oxygen atoms in total. The van der Waals surface area contributed by atoms with E-state index in [0.29, 0.717) is 16.9 Å². The highest BCUT2D eigenvalue weighted by molar-refractivity contribution is 7.98. The molecule has 0 saturated carbocycles. The molecule has 0 amide bonds. The standard InChI is InChI=1S/C14H11NO2S/c1-10(16)13-5-4-11(8-15)7-14(13)18-9-12-3-2-6-17-12/h2-7H,9H2,1H3. The predicted octanol–water partition coefficient (Wildman–Crippen LogP) is 3.65. The summed E-state index contributed by atoms with van der Waals surface area (Å²) in [7, 11) is 0. The number of furan rings is 1. The van der Waals surface area contributed by atoms with Crippen LogP contribution in [0, 0.1) is 11.3 Å². The van der Waals surface area contributed by atoms with Crippen molar-refractivity contribution in [2.75, 3.05) is 0 Å². The van der Waals surface area contributed by atoms with Crippen LogP contribution in [0.15, 0.2) is 45.9 Å². The lowest BCUT2D eigenvalue weighted by Gasteiger charge is -2.06. The van der Waals surface area contributed by atoms with Gasteiger partial charge in [0.2, 0.25) is 0 Å². The van der Waals surface area contributed by atoms with Gasteiger partial charge in [-0.15, -0.1) is 11.8 Å². The van der Waals surface area contributed by atoms with Gasteiger partial charge < -0.3 is 4.42 Å². The molecule has 0 unspecified atom stereocenters. The monoisotopic (exact) mass is 257 g/mol. The van der Waals surface area contributed by atoms with Crippen molar-refractivity contribution in [3.63, 3.8) is 0 Å². The fourth-order valence-corrected chi connectivity index (χ4v) is 2.59. The number of benzene rings is 1. The Balaban J connectivity index is 2.24. The van der Waals surface area contributed by atoms with Gasteiger partial charge in [0.15, 0.2) is 5.78 Å². The molecule has 0 aliphatic rings. The predicted molar refractivity (Wildman–Crippen MR) is 69.4 cm³/mol. The largest absolute Gasteiger partial charge is 0.468 e. The Morgan fingerprint density at radius 3 is 2.89 bits per heavy atom. The molecule has 0 N–H and O–H groups in total. The van der Waals surface area contributed by atoms with Gasteiger partial charge >= 0.3 is 0 Å². The Labute approximate surface area is 109 Å². The van der Waals surface area contributed by atoms with Crippen LogP contribution in [-0.4, -0.2) is 5.78 Å². The molecule has 90 valence electrons. The normalized spacial score (nSPS) is 10.0. The average molecular weight is 257 g/mol. The highest BCUT2D eigenvalue weighted by Gasteiger charge is 2.09. The van der Waals surface area contributed by atoms with Crippen molar-refractivity contribution in [2.45, 2.75) is 17.6 Å². The van der Waals surface area contributed by atoms with Gasteiger partial charge in [0, 0.05) is 10.5 Å². The zero-order chi connectivity index (χ0) is 13.0. The third-order valence-corrected chi connectivity index (χ3v) is 3.52. The van der Waals surface area contributed by atoms with Gasteiger partial charge in [0.05, 0.1) is 23.6 Å². The maximum atomic E-state index is 11.5. The fourth-order valence-electron chi connectivity index (χ4n) is 1.55. The van der Waals surface area contributed by atoms with Crippen molar-refractivity contribution in [3.05, 3.63) is 53.5 Å². The van der Waals surface area contributed by atoms with Gasteiger partial charge in [0.25, 0.3) is 0 Å². The van der Waals surface area contributed by atoms with Gasteiger partial charge in [-0.05, 0) is 37.3 Å². The van der Waals surface area contributed by atoms with Gasteiger partial charge in [-0.2, -0.15) is 5.26 Å². The topological polar surface area (TPSA) is 54.0 Å². The van der Waals surface area contributed by atoms with Gasteiger partial charge in [-0.25, -0.2) is 0 Å². The van der Waals surface area contributed by atoms with Crippen molar-refractivity contribution in [3.8, 4) is 6.07 Å². The van der Waals surface area contributed by atoms with Crippen LogP contribution < -0.4 is 0 Å². The maximum Gasteiger partial charge on any atom is 0.160 e. The first kappa shape index (κ1) is 12.5. The molecule has 0 saturated heterocycles. The lowest BCUT2D eigenvalue weighted by atomic mass is 10.1. The van der Waals surface area contributed by atoms with Crippen molar-refractivity contribution in [2.24, 2.45) is 0 Å². The summed E-state index contributed by atoms with van der Waals surface area (Å²) in [6, 6.07) is 10.9. The molecule has 0 spiro atoms. The number of hydrogen-bond acceptors (Lipinski definition) is 4. The summed E-state index contributed by atoms with van der Waals surface area (Å²) in [4.78, 5) is 12.3. The molecule has 2 aromatic rings. The SMILES string of the molecule is CC(=O)c1ccc(C#N)cc1SCc1ccco1. The number of hydrogen-bond donors (Lipinski definition) is 0. The smallest absolute Gasteiger partial charge is 0.160 e. The van der Waals surface area contributed by atoms with Crippen LogP contribution in [0.25, 0.3) is 0 Å². The van der Waals surface area contributed by atoms with Crippen LogP contribution >= 0.6 is 11.8 Å². The first-order chi connectivity index (χ1) is 8.70. The van der Waals surface area contributed by atoms with E-state index in [4.69, 9.17) is 9.68 Å². The first-order valence-corrected chi connectivity index (χ1v) is 6.39. The Bertz CT molecular complexity index is 597. The number of rotatable bonds is 4. The van der Waals surface area contributed by atoms with E-state index >= 15 is 0 Å². The number of thioether (sulfide) groups is 1. The third kappa shape index (κ3) is 2.82. The highest BCUT2D eigenvalue weighted by Crippen LogP contribution is 2.27. The number of nitriles is 1. The van der Waals surface area contributed by atoms with Gasteiger partial charge in [-0.3, -0.25) is 4.79 Å². The summed E-state index contributed by atoms with van der Waals surface area (Å²) in [6.07, 6.45) is 1.62. The van der Waals surface area contributed by atoms with Crippen LogP contribution in [0.2, 0.25) is 0 Å². The molecular weight excluding hydrogens is 246 g/mol. The summed E-state index contributed by atoms with van der Waals surface area (Å²) in [5.41, 5.74) is 1.20. The second-order valence-corrected chi connectivity index (χ2v) is 4.76. The molecule has 2 rings (SSSR count). The van der Waals surface area contributed by atoms with E-state index in [-0.39, 0.29) is 5.78 Å². The molecule has 0 aliphatic carbocycles. The van der Waals surface area contributed by atoms with E-state index < -0.39 is 0 Å². The molecule has 18 heavy (non-hydrogen) atoms. The second-order valence-electron chi connectivity index (χ2n) is 3.75. The molecular formula is C14H11NO2S. The fraction of sp³-hybridized carbons (Fsp3) is 0.143. The quantitative estimate of drug-likeness (QED) is 0.619. The minimum atomic E-state index is 0.00133. The number of carbonyl (C=O) groups excluding carboxylic acids is 1. The van der Waals surface area contributed by atoms with Gasteiger partial charge in [0.1, 0.15) is 5.76 Å². The molecule has 0 bridgehead atoms. The van der Waals surface area contributed by atoms with Crippen molar-refractivity contribution < 1.29 is 9.21 Å². The number of ketones is 1. The van der Waals surface area contributed by atoms with E-state index in [2.05, 4.69) is 6.07 Å².